The van der Waals surface area contributed by atoms with Crippen LogP contribution in [0.5, 0.6) is 0 Å². The number of aliphatic hydroxyl groups excluding tert-OH is 1. The van der Waals surface area contributed by atoms with Gasteiger partial charge in [0.1, 0.15) is 0 Å². The number of hydrogen-bond acceptors (Lipinski definition) is 4. The summed E-state index contributed by atoms with van der Waals surface area (Å²) in [6, 6.07) is 4.78. The Labute approximate surface area is 101 Å². The number of nitrogens with zero attached hydrogens (tertiary/aromatic N) is 2. The average Bonchev–Trinajstić information content (AvgIpc) is 2.55. The summed E-state index contributed by atoms with van der Waals surface area (Å²) in [6.07, 6.45) is 1.27. The minimum atomic E-state index is -3.62. The van der Waals surface area contributed by atoms with Crippen LogP contribution in [0.3, 0.4) is 0 Å². The lowest BCUT2D eigenvalue weighted by Gasteiger charge is -2.32. The number of sulfonamides is 1. The summed E-state index contributed by atoms with van der Waals surface area (Å²) in [7, 11) is -3.62. The third-order valence-electron chi connectivity index (χ3n) is 3.26. The molecule has 0 radical (unpaired) electrons. The van der Waals surface area contributed by atoms with Crippen LogP contribution in [0.25, 0.3) is 0 Å². The van der Waals surface area contributed by atoms with Gasteiger partial charge < -0.3 is 5.11 Å². The molecule has 6 heteroatoms. The van der Waals surface area contributed by atoms with E-state index in [0.29, 0.717) is 13.0 Å². The van der Waals surface area contributed by atoms with E-state index >= 15 is 0 Å². The second kappa shape index (κ2) is 4.04. The first kappa shape index (κ1) is 12.5. The molecule has 1 N–H and O–H groups in total. The third kappa shape index (κ3) is 1.96. The van der Waals surface area contributed by atoms with Crippen molar-refractivity contribution in [2.24, 2.45) is 0 Å². The molecule has 1 atom stereocenters. The molecule has 1 aliphatic rings. The molecule has 2 rings (SSSR count). The fourth-order valence-electron chi connectivity index (χ4n) is 2.09. The van der Waals surface area contributed by atoms with Crippen LogP contribution in [-0.2, 0) is 10.0 Å². The highest BCUT2D eigenvalue weighted by atomic mass is 32.2. The quantitative estimate of drug-likeness (QED) is 0.842. The molecule has 1 unspecified atom stereocenters. The number of hydrogen-bond donors (Lipinski definition) is 1. The molecule has 2 heterocycles. The van der Waals surface area contributed by atoms with Crippen molar-refractivity contribution in [1.82, 2.24) is 9.29 Å². The van der Waals surface area contributed by atoms with E-state index in [9.17, 15) is 13.5 Å². The van der Waals surface area contributed by atoms with Gasteiger partial charge in [0, 0.05) is 12.7 Å². The third-order valence-corrected chi connectivity index (χ3v) is 5.26. The van der Waals surface area contributed by atoms with Crippen molar-refractivity contribution in [3.05, 3.63) is 24.4 Å². The smallest absolute Gasteiger partial charge is 0.261 e. The molecule has 0 aromatic carbocycles. The monoisotopic (exact) mass is 256 g/mol. The highest BCUT2D eigenvalue weighted by molar-refractivity contribution is 7.89. The second-order valence-electron chi connectivity index (χ2n) is 4.70. The Balaban J connectivity index is 2.42. The van der Waals surface area contributed by atoms with Gasteiger partial charge in [-0.2, -0.15) is 4.31 Å². The number of pyridine rings is 1. The molecule has 0 saturated carbocycles. The zero-order chi connectivity index (χ0) is 12.7. The van der Waals surface area contributed by atoms with Crippen LogP contribution in [0.1, 0.15) is 20.3 Å². The van der Waals surface area contributed by atoms with Gasteiger partial charge in [-0.1, -0.05) is 6.07 Å². The molecule has 5 nitrogen and oxygen atoms in total. The van der Waals surface area contributed by atoms with Crippen LogP contribution < -0.4 is 0 Å². The fourth-order valence-corrected chi connectivity index (χ4v) is 3.85. The van der Waals surface area contributed by atoms with Crippen molar-refractivity contribution in [3.8, 4) is 0 Å². The van der Waals surface area contributed by atoms with E-state index in [1.165, 1.54) is 16.6 Å². The Morgan fingerprint density at radius 3 is 2.65 bits per heavy atom. The molecule has 0 spiro atoms. The molecule has 94 valence electrons. The minimum absolute atomic E-state index is 0.0298. The predicted octanol–water partition coefficient (Wildman–Crippen LogP) is 0.615. The van der Waals surface area contributed by atoms with Gasteiger partial charge in [-0.3, -0.25) is 0 Å². The summed E-state index contributed by atoms with van der Waals surface area (Å²) in [5.74, 6) is 0. The largest absolute Gasteiger partial charge is 0.391 e. The van der Waals surface area contributed by atoms with E-state index in [4.69, 9.17) is 0 Å². The van der Waals surface area contributed by atoms with E-state index < -0.39 is 21.7 Å². The standard InChI is InChI=1S/C11H16N2O3S/c1-11(2)9(14)6-8-13(11)17(15,16)10-5-3-4-7-12-10/h3-5,7,9,14H,6,8H2,1-2H3. The maximum atomic E-state index is 12.3. The lowest BCUT2D eigenvalue weighted by atomic mass is 10.0. The molecule has 1 aliphatic heterocycles. The Hall–Kier alpha value is -0.980. The Bertz CT molecular complexity index is 499. The summed E-state index contributed by atoms with van der Waals surface area (Å²) >= 11 is 0. The van der Waals surface area contributed by atoms with Crippen LogP contribution >= 0.6 is 0 Å². The summed E-state index contributed by atoms with van der Waals surface area (Å²) in [4.78, 5) is 3.87. The van der Waals surface area contributed by atoms with Crippen molar-refractivity contribution < 1.29 is 13.5 Å². The minimum Gasteiger partial charge on any atom is -0.391 e. The molecule has 0 amide bonds. The van der Waals surface area contributed by atoms with Crippen molar-refractivity contribution in [1.29, 1.82) is 0 Å². The van der Waals surface area contributed by atoms with E-state index in [1.807, 2.05) is 0 Å². The summed E-state index contributed by atoms with van der Waals surface area (Å²) in [5.41, 5.74) is -0.781. The van der Waals surface area contributed by atoms with Crippen molar-refractivity contribution in [2.75, 3.05) is 6.54 Å². The first-order valence-electron chi connectivity index (χ1n) is 5.49. The van der Waals surface area contributed by atoms with Gasteiger partial charge in [0.25, 0.3) is 10.0 Å². The topological polar surface area (TPSA) is 70.5 Å². The van der Waals surface area contributed by atoms with E-state index in [0.717, 1.165) is 0 Å². The molecular weight excluding hydrogens is 240 g/mol. The molecule has 0 bridgehead atoms. The van der Waals surface area contributed by atoms with E-state index in [-0.39, 0.29) is 5.03 Å². The van der Waals surface area contributed by atoms with E-state index in [2.05, 4.69) is 4.98 Å². The first-order chi connectivity index (χ1) is 7.87. The summed E-state index contributed by atoms with van der Waals surface area (Å²) < 4.78 is 26.0. The SMILES string of the molecule is CC1(C)C(O)CCN1S(=O)(=O)c1ccccn1. The molecular formula is C11H16N2O3S. The number of aromatic nitrogens is 1. The molecule has 1 aromatic rings. The van der Waals surface area contributed by atoms with Gasteiger partial charge in [0.15, 0.2) is 5.03 Å². The molecule has 0 aliphatic carbocycles. The zero-order valence-corrected chi connectivity index (χ0v) is 10.7. The number of rotatable bonds is 2. The highest BCUT2D eigenvalue weighted by Crippen LogP contribution is 2.33. The van der Waals surface area contributed by atoms with Gasteiger partial charge in [-0.25, -0.2) is 13.4 Å². The normalized spacial score (nSPS) is 25.0. The van der Waals surface area contributed by atoms with Crippen LogP contribution in [-0.4, -0.2) is 41.0 Å². The summed E-state index contributed by atoms with van der Waals surface area (Å²) in [5, 5.41) is 9.84. The van der Waals surface area contributed by atoms with Crippen molar-refractivity contribution in [3.63, 3.8) is 0 Å². The highest BCUT2D eigenvalue weighted by Gasteiger charge is 2.47. The van der Waals surface area contributed by atoms with E-state index in [1.54, 1.807) is 26.0 Å². The summed E-state index contributed by atoms with van der Waals surface area (Å²) in [6.45, 7) is 3.78. The molecule has 1 saturated heterocycles. The number of aliphatic hydroxyl groups is 1. The molecule has 1 fully saturated rings. The lowest BCUT2D eigenvalue weighted by Crippen LogP contribution is -2.48. The van der Waals surface area contributed by atoms with Crippen molar-refractivity contribution in [2.45, 2.75) is 36.9 Å². The van der Waals surface area contributed by atoms with Crippen LogP contribution in [0.4, 0.5) is 0 Å². The van der Waals surface area contributed by atoms with Gasteiger partial charge in [0.05, 0.1) is 11.6 Å². The van der Waals surface area contributed by atoms with Crippen LogP contribution in [0.15, 0.2) is 29.4 Å². The van der Waals surface area contributed by atoms with Gasteiger partial charge in [0.2, 0.25) is 0 Å². The Morgan fingerprint density at radius 1 is 1.47 bits per heavy atom. The predicted molar refractivity (Wildman–Crippen MR) is 62.8 cm³/mol. The Morgan fingerprint density at radius 2 is 2.18 bits per heavy atom. The maximum absolute atomic E-state index is 12.3. The maximum Gasteiger partial charge on any atom is 0.261 e. The lowest BCUT2D eigenvalue weighted by molar-refractivity contribution is 0.0900. The zero-order valence-electron chi connectivity index (χ0n) is 9.87. The average molecular weight is 256 g/mol. The fraction of sp³-hybridized carbons (Fsp3) is 0.545. The first-order valence-corrected chi connectivity index (χ1v) is 6.93. The van der Waals surface area contributed by atoms with Crippen molar-refractivity contribution >= 4 is 10.0 Å². The van der Waals surface area contributed by atoms with Gasteiger partial charge in [-0.05, 0) is 32.4 Å². The molecule has 17 heavy (non-hydrogen) atoms. The van der Waals surface area contributed by atoms with Gasteiger partial charge >= 0.3 is 0 Å². The molecule has 1 aromatic heterocycles. The van der Waals surface area contributed by atoms with Gasteiger partial charge in [-0.15, -0.1) is 0 Å². The second-order valence-corrected chi connectivity index (χ2v) is 6.51. The Kier molecular flexibility index (Phi) is 2.97. The van der Waals surface area contributed by atoms with Crippen LogP contribution in [0.2, 0.25) is 0 Å². The van der Waals surface area contributed by atoms with Crippen LogP contribution in [0, 0.1) is 0 Å².